The molecule has 6 heteroatoms. The van der Waals surface area contributed by atoms with Crippen molar-refractivity contribution in [3.63, 3.8) is 0 Å². The summed E-state index contributed by atoms with van der Waals surface area (Å²) in [5.41, 5.74) is 1.47. The van der Waals surface area contributed by atoms with Crippen LogP contribution in [0.3, 0.4) is 0 Å². The zero-order valence-electron chi connectivity index (χ0n) is 11.2. The number of thiophene rings is 1. The van der Waals surface area contributed by atoms with Crippen molar-refractivity contribution in [1.82, 2.24) is 9.97 Å². The number of H-pyrrole nitrogens is 1. The van der Waals surface area contributed by atoms with Crippen LogP contribution in [0.1, 0.15) is 24.5 Å². The lowest BCUT2D eigenvalue weighted by atomic mass is 10.1. The lowest BCUT2D eigenvalue weighted by Crippen LogP contribution is -2.12. The summed E-state index contributed by atoms with van der Waals surface area (Å²) in [5, 5.41) is 2.81. The first-order valence-electron chi connectivity index (χ1n) is 6.52. The number of halogens is 2. The fourth-order valence-electron chi connectivity index (χ4n) is 2.19. The van der Waals surface area contributed by atoms with Crippen molar-refractivity contribution in [1.29, 1.82) is 0 Å². The quantitative estimate of drug-likeness (QED) is 0.683. The van der Waals surface area contributed by atoms with E-state index in [0.717, 1.165) is 11.1 Å². The first-order valence-corrected chi connectivity index (χ1v) is 8.21. The first kappa shape index (κ1) is 14.6. The van der Waals surface area contributed by atoms with Crippen molar-refractivity contribution in [3.8, 4) is 11.1 Å². The van der Waals surface area contributed by atoms with Crippen molar-refractivity contribution in [2.24, 2.45) is 0 Å². The molecule has 0 fully saturated rings. The number of benzene rings is 1. The Morgan fingerprint density at radius 2 is 2.10 bits per heavy atom. The van der Waals surface area contributed by atoms with E-state index in [1.807, 2.05) is 36.6 Å². The summed E-state index contributed by atoms with van der Waals surface area (Å²) in [6.45, 7) is 1.95. The van der Waals surface area contributed by atoms with Gasteiger partial charge in [-0.05, 0) is 12.5 Å². The van der Waals surface area contributed by atoms with Gasteiger partial charge in [-0.2, -0.15) is 0 Å². The van der Waals surface area contributed by atoms with Crippen LogP contribution in [0.5, 0.6) is 0 Å². The van der Waals surface area contributed by atoms with Gasteiger partial charge in [-0.25, -0.2) is 4.98 Å². The molecule has 1 aromatic carbocycles. The number of nitrogens with zero attached hydrogens (tertiary/aromatic N) is 1. The number of nitrogens with one attached hydrogen (secondary N) is 1. The Hall–Kier alpha value is -1.36. The number of hydrogen-bond acceptors (Lipinski definition) is 3. The molecule has 0 aliphatic carbocycles. The van der Waals surface area contributed by atoms with Crippen molar-refractivity contribution in [3.05, 3.63) is 50.8 Å². The fourth-order valence-corrected chi connectivity index (χ4v) is 3.47. The van der Waals surface area contributed by atoms with Gasteiger partial charge < -0.3 is 4.98 Å². The zero-order chi connectivity index (χ0) is 15.0. The Morgan fingerprint density at radius 1 is 1.33 bits per heavy atom. The third kappa shape index (κ3) is 2.59. The minimum Gasteiger partial charge on any atom is -0.309 e. The van der Waals surface area contributed by atoms with Crippen LogP contribution >= 0.6 is 34.5 Å². The second kappa shape index (κ2) is 5.79. The predicted octanol–water partition coefficient (Wildman–Crippen LogP) is 4.99. The molecule has 0 saturated carbocycles. The summed E-state index contributed by atoms with van der Waals surface area (Å²) in [6.07, 6.45) is 0.707. The Balaban J connectivity index is 2.25. The molecule has 0 bridgehead atoms. The minimum absolute atomic E-state index is 0.176. The van der Waals surface area contributed by atoms with E-state index in [1.165, 1.54) is 11.3 Å². The monoisotopic (exact) mass is 338 g/mol. The van der Waals surface area contributed by atoms with Gasteiger partial charge in [-0.3, -0.25) is 4.79 Å². The molecule has 1 unspecified atom stereocenters. The van der Waals surface area contributed by atoms with E-state index in [-0.39, 0.29) is 10.9 Å². The lowest BCUT2D eigenvalue weighted by Gasteiger charge is -2.06. The molecule has 3 rings (SSSR count). The van der Waals surface area contributed by atoms with Gasteiger partial charge in [-0.1, -0.05) is 36.7 Å². The van der Waals surface area contributed by atoms with Gasteiger partial charge in [-0.15, -0.1) is 22.9 Å². The predicted molar refractivity (Wildman–Crippen MR) is 89.6 cm³/mol. The minimum atomic E-state index is -0.284. The van der Waals surface area contributed by atoms with E-state index >= 15 is 0 Å². The van der Waals surface area contributed by atoms with Crippen molar-refractivity contribution >= 4 is 44.8 Å². The SMILES string of the molecule is CCC(Cl)c1nc2scc(-c3ccccc3Cl)c2c(=O)[nH]1. The molecule has 21 heavy (non-hydrogen) atoms. The summed E-state index contributed by atoms with van der Waals surface area (Å²) in [4.78, 5) is 20.3. The fraction of sp³-hybridized carbons (Fsp3) is 0.200. The molecule has 3 aromatic rings. The normalized spacial score (nSPS) is 12.7. The number of alkyl halides is 1. The zero-order valence-corrected chi connectivity index (χ0v) is 13.5. The summed E-state index contributed by atoms with van der Waals surface area (Å²) in [7, 11) is 0. The van der Waals surface area contributed by atoms with E-state index in [2.05, 4.69) is 9.97 Å². The number of aromatic amines is 1. The molecule has 2 heterocycles. The molecule has 0 aliphatic heterocycles. The van der Waals surface area contributed by atoms with Gasteiger partial charge in [0.05, 0.1) is 10.8 Å². The van der Waals surface area contributed by atoms with E-state index in [0.29, 0.717) is 27.5 Å². The van der Waals surface area contributed by atoms with E-state index in [9.17, 15) is 4.79 Å². The molecule has 0 saturated heterocycles. The smallest absolute Gasteiger partial charge is 0.260 e. The molecule has 1 N–H and O–H groups in total. The van der Waals surface area contributed by atoms with Crippen LogP contribution in [-0.4, -0.2) is 9.97 Å². The number of fused-ring (bicyclic) bond motifs is 1. The van der Waals surface area contributed by atoms with E-state index < -0.39 is 0 Å². The maximum Gasteiger partial charge on any atom is 0.260 e. The molecule has 1 atom stereocenters. The lowest BCUT2D eigenvalue weighted by molar-refractivity contribution is 0.807. The highest BCUT2D eigenvalue weighted by Crippen LogP contribution is 2.35. The van der Waals surface area contributed by atoms with Crippen molar-refractivity contribution in [2.45, 2.75) is 18.7 Å². The Bertz CT molecular complexity index is 856. The largest absolute Gasteiger partial charge is 0.309 e. The molecule has 0 aliphatic rings. The average Bonchev–Trinajstić information content (AvgIpc) is 2.91. The van der Waals surface area contributed by atoms with Crippen LogP contribution in [-0.2, 0) is 0 Å². The molecular formula is C15H12Cl2N2OS. The van der Waals surface area contributed by atoms with Gasteiger partial charge in [0.1, 0.15) is 10.7 Å². The topological polar surface area (TPSA) is 45.8 Å². The third-order valence-corrected chi connectivity index (χ3v) is 5.00. The van der Waals surface area contributed by atoms with Crippen molar-refractivity contribution in [2.75, 3.05) is 0 Å². The summed E-state index contributed by atoms with van der Waals surface area (Å²) < 4.78 is 0. The number of rotatable bonds is 3. The standard InChI is InChI=1S/C15H12Cl2N2OS/c1-2-10(16)13-18-14(20)12-9(7-21-15(12)19-13)8-5-3-4-6-11(8)17/h3-7,10H,2H2,1H3,(H,18,19,20). The van der Waals surface area contributed by atoms with Gasteiger partial charge >= 0.3 is 0 Å². The third-order valence-electron chi connectivity index (χ3n) is 3.28. The summed E-state index contributed by atoms with van der Waals surface area (Å²) in [6, 6.07) is 7.46. The van der Waals surface area contributed by atoms with Gasteiger partial charge in [0.25, 0.3) is 5.56 Å². The van der Waals surface area contributed by atoms with Gasteiger partial charge in [0.2, 0.25) is 0 Å². The highest BCUT2D eigenvalue weighted by Gasteiger charge is 2.16. The highest BCUT2D eigenvalue weighted by atomic mass is 35.5. The Kier molecular flexibility index (Phi) is 4.02. The molecule has 2 aromatic heterocycles. The second-order valence-electron chi connectivity index (χ2n) is 4.64. The maximum atomic E-state index is 12.4. The molecule has 108 valence electrons. The average molecular weight is 339 g/mol. The van der Waals surface area contributed by atoms with E-state index in [1.54, 1.807) is 0 Å². The first-order chi connectivity index (χ1) is 10.1. The molecular weight excluding hydrogens is 327 g/mol. The van der Waals surface area contributed by atoms with Crippen LogP contribution in [0.4, 0.5) is 0 Å². The second-order valence-corrected chi connectivity index (χ2v) is 6.43. The van der Waals surface area contributed by atoms with Crippen LogP contribution in [0, 0.1) is 0 Å². The van der Waals surface area contributed by atoms with Crippen molar-refractivity contribution < 1.29 is 0 Å². The molecule has 3 nitrogen and oxygen atoms in total. The van der Waals surface area contributed by atoms with Gasteiger partial charge in [0.15, 0.2) is 0 Å². The Morgan fingerprint density at radius 3 is 2.81 bits per heavy atom. The van der Waals surface area contributed by atoms with Gasteiger partial charge in [0, 0.05) is 21.5 Å². The molecule has 0 radical (unpaired) electrons. The van der Waals surface area contributed by atoms with Crippen LogP contribution in [0.25, 0.3) is 21.3 Å². The molecule has 0 amide bonds. The van der Waals surface area contributed by atoms with Crippen LogP contribution in [0.15, 0.2) is 34.4 Å². The van der Waals surface area contributed by atoms with E-state index in [4.69, 9.17) is 23.2 Å². The maximum absolute atomic E-state index is 12.4. The van der Waals surface area contributed by atoms with Crippen LogP contribution in [0.2, 0.25) is 5.02 Å². The number of aromatic nitrogens is 2. The Labute approximate surface area is 135 Å². The van der Waals surface area contributed by atoms with Crippen LogP contribution < -0.4 is 5.56 Å². The summed E-state index contributed by atoms with van der Waals surface area (Å²) in [5.74, 6) is 0.518. The summed E-state index contributed by atoms with van der Waals surface area (Å²) >= 11 is 13.8. The highest BCUT2D eigenvalue weighted by molar-refractivity contribution is 7.17. The molecule has 0 spiro atoms. The number of hydrogen-bond donors (Lipinski definition) is 1.